The first kappa shape index (κ1) is 11.6. The number of hydrogen-bond donors (Lipinski definition) is 1. The molecule has 1 aliphatic heterocycles. The van der Waals surface area contributed by atoms with Gasteiger partial charge in [-0.25, -0.2) is 0 Å². The molecule has 0 unspecified atom stereocenters. The fraction of sp³-hybridized carbons (Fsp3) is 0.545. The molecule has 1 saturated heterocycles. The van der Waals surface area contributed by atoms with Crippen LogP contribution in [-0.2, 0) is 4.79 Å². The van der Waals surface area contributed by atoms with E-state index in [2.05, 4.69) is 10.5 Å². The van der Waals surface area contributed by atoms with Crippen LogP contribution in [0.5, 0.6) is 0 Å². The molecule has 1 N–H and O–H groups in total. The molecule has 92 valence electrons. The van der Waals surface area contributed by atoms with Crippen molar-refractivity contribution < 1.29 is 14.1 Å². The van der Waals surface area contributed by atoms with Crippen molar-refractivity contribution >= 4 is 11.8 Å². The molecule has 2 heterocycles. The van der Waals surface area contributed by atoms with Gasteiger partial charge in [-0.2, -0.15) is 0 Å². The molecular weight excluding hydrogens is 222 g/mol. The average Bonchev–Trinajstić information content (AvgIpc) is 2.95. The van der Waals surface area contributed by atoms with E-state index in [1.807, 2.05) is 0 Å². The minimum absolute atomic E-state index is 0.0125. The lowest BCUT2D eigenvalue weighted by atomic mass is 10.3. The van der Waals surface area contributed by atoms with E-state index in [0.717, 1.165) is 25.9 Å². The van der Waals surface area contributed by atoms with Crippen LogP contribution >= 0.6 is 0 Å². The molecule has 6 heteroatoms. The van der Waals surface area contributed by atoms with Gasteiger partial charge >= 0.3 is 0 Å². The number of hydrogen-bond acceptors (Lipinski definition) is 4. The Balaban J connectivity index is 1.81. The van der Waals surface area contributed by atoms with Crippen LogP contribution in [0.2, 0.25) is 0 Å². The number of carbonyl (C=O) groups excluding carboxylic acids is 2. The maximum atomic E-state index is 11.7. The van der Waals surface area contributed by atoms with Gasteiger partial charge < -0.3 is 14.7 Å². The van der Waals surface area contributed by atoms with Crippen molar-refractivity contribution in [1.29, 1.82) is 0 Å². The Hall–Kier alpha value is -1.85. The maximum absolute atomic E-state index is 11.7. The van der Waals surface area contributed by atoms with E-state index in [0.29, 0.717) is 5.69 Å². The summed E-state index contributed by atoms with van der Waals surface area (Å²) in [5, 5.41) is 6.14. The fourth-order valence-electron chi connectivity index (χ4n) is 1.79. The van der Waals surface area contributed by atoms with Crippen LogP contribution < -0.4 is 5.32 Å². The van der Waals surface area contributed by atoms with Crippen molar-refractivity contribution in [2.45, 2.75) is 19.8 Å². The number of aryl methyl sites for hydroxylation is 1. The number of nitrogens with zero attached hydrogens (tertiary/aromatic N) is 2. The Morgan fingerprint density at radius 1 is 1.47 bits per heavy atom. The number of nitrogens with one attached hydrogen (secondary N) is 1. The van der Waals surface area contributed by atoms with Gasteiger partial charge in [0.1, 0.15) is 0 Å². The highest BCUT2D eigenvalue weighted by molar-refractivity contribution is 5.94. The zero-order valence-electron chi connectivity index (χ0n) is 9.73. The molecule has 0 spiro atoms. The summed E-state index contributed by atoms with van der Waals surface area (Å²) in [6.07, 6.45) is 2.09. The van der Waals surface area contributed by atoms with E-state index in [9.17, 15) is 9.59 Å². The molecule has 1 aromatic heterocycles. The van der Waals surface area contributed by atoms with E-state index < -0.39 is 5.91 Å². The molecule has 17 heavy (non-hydrogen) atoms. The Kier molecular flexibility index (Phi) is 3.41. The third kappa shape index (κ3) is 2.83. The monoisotopic (exact) mass is 237 g/mol. The lowest BCUT2D eigenvalue weighted by Crippen LogP contribution is -2.38. The largest absolute Gasteiger partial charge is 0.351 e. The smallest absolute Gasteiger partial charge is 0.290 e. The van der Waals surface area contributed by atoms with Gasteiger partial charge in [0.2, 0.25) is 11.7 Å². The van der Waals surface area contributed by atoms with E-state index in [1.54, 1.807) is 11.8 Å². The van der Waals surface area contributed by atoms with E-state index >= 15 is 0 Å². The minimum Gasteiger partial charge on any atom is -0.351 e. The molecule has 2 amide bonds. The SMILES string of the molecule is Cc1cc(C(=O)NCC(=O)N2CCCC2)on1. The van der Waals surface area contributed by atoms with Gasteiger partial charge in [-0.3, -0.25) is 9.59 Å². The van der Waals surface area contributed by atoms with Crippen molar-refractivity contribution in [3.63, 3.8) is 0 Å². The molecule has 0 aromatic carbocycles. The highest BCUT2D eigenvalue weighted by atomic mass is 16.5. The number of likely N-dealkylation sites (tertiary alicyclic amines) is 1. The number of aromatic nitrogens is 1. The van der Waals surface area contributed by atoms with Crippen molar-refractivity contribution in [3.05, 3.63) is 17.5 Å². The number of rotatable bonds is 3. The first-order chi connectivity index (χ1) is 8.16. The molecule has 0 radical (unpaired) electrons. The van der Waals surface area contributed by atoms with Gasteiger partial charge in [-0.05, 0) is 19.8 Å². The predicted molar refractivity (Wildman–Crippen MR) is 59.4 cm³/mol. The average molecular weight is 237 g/mol. The van der Waals surface area contributed by atoms with Crippen LogP contribution in [-0.4, -0.2) is 41.5 Å². The summed E-state index contributed by atoms with van der Waals surface area (Å²) in [6.45, 7) is 3.32. The number of carbonyl (C=O) groups is 2. The zero-order chi connectivity index (χ0) is 12.3. The zero-order valence-corrected chi connectivity index (χ0v) is 9.73. The standard InChI is InChI=1S/C11H15N3O3/c1-8-6-9(17-13-8)11(16)12-7-10(15)14-4-2-3-5-14/h6H,2-5,7H2,1H3,(H,12,16). The molecule has 0 atom stereocenters. The van der Waals surface area contributed by atoms with Crippen molar-refractivity contribution in [3.8, 4) is 0 Å². The predicted octanol–water partition coefficient (Wildman–Crippen LogP) is 0.335. The Bertz CT molecular complexity index is 421. The molecule has 1 aliphatic rings. The summed E-state index contributed by atoms with van der Waals surface area (Å²) in [7, 11) is 0. The molecule has 6 nitrogen and oxygen atoms in total. The first-order valence-corrected chi connectivity index (χ1v) is 5.66. The van der Waals surface area contributed by atoms with Crippen LogP contribution in [0.1, 0.15) is 29.1 Å². The van der Waals surface area contributed by atoms with E-state index in [4.69, 9.17) is 4.52 Å². The molecule has 0 saturated carbocycles. The van der Waals surface area contributed by atoms with Gasteiger partial charge in [0.15, 0.2) is 0 Å². The Labute approximate surface area is 98.9 Å². The lowest BCUT2D eigenvalue weighted by molar-refractivity contribution is -0.129. The third-order valence-electron chi connectivity index (χ3n) is 2.71. The second-order valence-electron chi connectivity index (χ2n) is 4.10. The van der Waals surface area contributed by atoms with E-state index in [-0.39, 0.29) is 18.2 Å². The second-order valence-corrected chi connectivity index (χ2v) is 4.10. The lowest BCUT2D eigenvalue weighted by Gasteiger charge is -2.14. The van der Waals surface area contributed by atoms with E-state index in [1.165, 1.54) is 6.07 Å². The van der Waals surface area contributed by atoms with Crippen LogP contribution in [0.15, 0.2) is 10.6 Å². The van der Waals surface area contributed by atoms with Crippen molar-refractivity contribution in [1.82, 2.24) is 15.4 Å². The molecule has 1 aromatic rings. The highest BCUT2D eigenvalue weighted by Crippen LogP contribution is 2.07. The summed E-state index contributed by atoms with van der Waals surface area (Å²) in [4.78, 5) is 25.0. The maximum Gasteiger partial charge on any atom is 0.290 e. The quantitative estimate of drug-likeness (QED) is 0.822. The molecule has 1 fully saturated rings. The van der Waals surface area contributed by atoms with Gasteiger partial charge in [-0.1, -0.05) is 5.16 Å². The van der Waals surface area contributed by atoms with Crippen molar-refractivity contribution in [2.24, 2.45) is 0 Å². The molecular formula is C11H15N3O3. The van der Waals surface area contributed by atoms with Crippen LogP contribution in [0, 0.1) is 6.92 Å². The second kappa shape index (κ2) is 4.99. The minimum atomic E-state index is -0.404. The Morgan fingerprint density at radius 2 is 2.18 bits per heavy atom. The van der Waals surface area contributed by atoms with Crippen LogP contribution in [0.25, 0.3) is 0 Å². The summed E-state index contributed by atoms with van der Waals surface area (Å²) >= 11 is 0. The summed E-state index contributed by atoms with van der Waals surface area (Å²) < 4.78 is 4.80. The van der Waals surface area contributed by atoms with Gasteiger partial charge in [0.25, 0.3) is 5.91 Å². The normalized spacial score (nSPS) is 15.0. The highest BCUT2D eigenvalue weighted by Gasteiger charge is 2.19. The molecule has 0 aliphatic carbocycles. The van der Waals surface area contributed by atoms with Gasteiger partial charge in [0, 0.05) is 19.2 Å². The first-order valence-electron chi connectivity index (χ1n) is 5.66. The van der Waals surface area contributed by atoms with Crippen LogP contribution in [0.3, 0.4) is 0 Å². The Morgan fingerprint density at radius 3 is 2.76 bits per heavy atom. The molecule has 2 rings (SSSR count). The summed E-state index contributed by atoms with van der Waals surface area (Å²) in [5.74, 6) is -0.318. The fourth-order valence-corrected chi connectivity index (χ4v) is 1.79. The third-order valence-corrected chi connectivity index (χ3v) is 2.71. The van der Waals surface area contributed by atoms with Gasteiger partial charge in [0.05, 0.1) is 12.2 Å². The topological polar surface area (TPSA) is 75.4 Å². The van der Waals surface area contributed by atoms with Crippen LogP contribution in [0.4, 0.5) is 0 Å². The molecule has 0 bridgehead atoms. The van der Waals surface area contributed by atoms with Crippen molar-refractivity contribution in [2.75, 3.05) is 19.6 Å². The van der Waals surface area contributed by atoms with Gasteiger partial charge in [-0.15, -0.1) is 0 Å². The summed E-state index contributed by atoms with van der Waals surface area (Å²) in [6, 6.07) is 1.54. The summed E-state index contributed by atoms with van der Waals surface area (Å²) in [5.41, 5.74) is 0.640. The number of amides is 2.